The molecule has 0 aromatic heterocycles. The first-order valence-electron chi connectivity index (χ1n) is 5.56. The first-order chi connectivity index (χ1) is 9.34. The zero-order valence-electron chi connectivity index (χ0n) is 10.9. The van der Waals surface area contributed by atoms with Crippen LogP contribution in [0.3, 0.4) is 0 Å². The van der Waals surface area contributed by atoms with Gasteiger partial charge in [0, 0.05) is 5.69 Å². The molecule has 0 aliphatic heterocycles. The third-order valence-corrected chi connectivity index (χ3v) is 3.18. The van der Waals surface area contributed by atoms with Crippen LogP contribution in [0, 0.1) is 0 Å². The summed E-state index contributed by atoms with van der Waals surface area (Å²) < 4.78 is 34.3. The van der Waals surface area contributed by atoms with Crippen LogP contribution in [0.25, 0.3) is 0 Å². The topological polar surface area (TPSA) is 116 Å². The first-order valence-corrected chi connectivity index (χ1v) is 7.00. The van der Waals surface area contributed by atoms with Crippen molar-refractivity contribution < 1.29 is 17.7 Å². The minimum atomic E-state index is -4.08. The molecule has 0 aliphatic carbocycles. The third kappa shape index (κ3) is 4.79. The second-order valence-corrected chi connectivity index (χ2v) is 5.21. The predicted molar refractivity (Wildman–Crippen MR) is 78.1 cm³/mol. The van der Waals surface area contributed by atoms with Crippen molar-refractivity contribution in [2.24, 2.45) is 0 Å². The van der Waals surface area contributed by atoms with Gasteiger partial charge in [0.05, 0.1) is 17.7 Å². The second-order valence-electron chi connectivity index (χ2n) is 3.79. The van der Waals surface area contributed by atoms with Crippen LogP contribution < -0.4 is 16.2 Å². The molecule has 2 aromatic rings. The normalized spacial score (nSPS) is 10.3. The molecule has 0 saturated carbocycles. The maximum absolute atomic E-state index is 10.5. The Morgan fingerprint density at radius 3 is 1.95 bits per heavy atom. The quantitative estimate of drug-likeness (QED) is 0.575. The molecule has 7 heteroatoms. The number of rotatable bonds is 2. The molecule has 0 fully saturated rings. The summed E-state index contributed by atoms with van der Waals surface area (Å²) in [6.45, 7) is 0. The van der Waals surface area contributed by atoms with E-state index in [1.807, 2.05) is 18.2 Å². The van der Waals surface area contributed by atoms with E-state index >= 15 is 0 Å². The molecule has 0 unspecified atom stereocenters. The first kappa shape index (κ1) is 15.8. The Kier molecular flexibility index (Phi) is 5.36. The van der Waals surface area contributed by atoms with E-state index in [-0.39, 0.29) is 4.90 Å². The Balaban J connectivity index is 0.000000204. The van der Waals surface area contributed by atoms with Crippen molar-refractivity contribution in [1.29, 1.82) is 0 Å². The summed E-state index contributed by atoms with van der Waals surface area (Å²) in [5.74, 6) is 0.734. The van der Waals surface area contributed by atoms with Crippen LogP contribution in [0.1, 0.15) is 0 Å². The molecule has 0 spiro atoms. The lowest BCUT2D eigenvalue weighted by molar-refractivity contribution is 0.417. The minimum absolute atomic E-state index is 0.147. The van der Waals surface area contributed by atoms with Crippen LogP contribution in [-0.2, 0) is 10.1 Å². The smallest absolute Gasteiger partial charge is 0.294 e. The largest absolute Gasteiger partial charge is 0.495 e. The molecular weight excluding hydrogens is 280 g/mol. The second kappa shape index (κ2) is 6.78. The van der Waals surface area contributed by atoms with Gasteiger partial charge in [0.25, 0.3) is 10.1 Å². The molecule has 0 saturated heterocycles. The summed E-state index contributed by atoms with van der Waals surface area (Å²) in [5.41, 5.74) is 11.9. The standard InChI is InChI=1S/C7H9NO.C6H7NO3S/c1-9-7-5-3-2-4-6(7)8;7-5-1-3-6(4-2-5)11(8,9)10/h2-5H,8H2,1H3;1-4H,7H2,(H,8,9,10). The van der Waals surface area contributed by atoms with Gasteiger partial charge in [-0.1, -0.05) is 12.1 Å². The van der Waals surface area contributed by atoms with Gasteiger partial charge in [-0.2, -0.15) is 8.42 Å². The Morgan fingerprint density at radius 2 is 1.55 bits per heavy atom. The maximum atomic E-state index is 10.5. The average Bonchev–Trinajstić information content (AvgIpc) is 2.39. The Labute approximate surface area is 117 Å². The fourth-order valence-corrected chi connectivity index (χ4v) is 1.79. The van der Waals surface area contributed by atoms with E-state index in [4.69, 9.17) is 20.8 Å². The molecule has 0 radical (unpaired) electrons. The SMILES string of the molecule is COc1ccccc1N.Nc1ccc(S(=O)(=O)O)cc1. The summed E-state index contributed by atoms with van der Waals surface area (Å²) in [5, 5.41) is 0. The van der Waals surface area contributed by atoms with E-state index in [0.29, 0.717) is 11.4 Å². The molecule has 0 aliphatic rings. The predicted octanol–water partition coefficient (Wildman–Crippen LogP) is 1.79. The number of para-hydroxylation sites is 2. The molecule has 5 N–H and O–H groups in total. The zero-order valence-corrected chi connectivity index (χ0v) is 11.7. The highest BCUT2D eigenvalue weighted by atomic mass is 32.2. The van der Waals surface area contributed by atoms with Crippen LogP contribution in [0.15, 0.2) is 53.4 Å². The van der Waals surface area contributed by atoms with E-state index in [1.165, 1.54) is 24.3 Å². The number of anilines is 2. The van der Waals surface area contributed by atoms with Crippen molar-refractivity contribution in [3.8, 4) is 5.75 Å². The fraction of sp³-hybridized carbons (Fsp3) is 0.0769. The van der Waals surface area contributed by atoms with Crippen molar-refractivity contribution in [3.63, 3.8) is 0 Å². The average molecular weight is 296 g/mol. The van der Waals surface area contributed by atoms with Crippen molar-refractivity contribution in [2.75, 3.05) is 18.6 Å². The van der Waals surface area contributed by atoms with E-state index < -0.39 is 10.1 Å². The van der Waals surface area contributed by atoms with Crippen LogP contribution >= 0.6 is 0 Å². The molecule has 6 nitrogen and oxygen atoms in total. The number of nitrogens with two attached hydrogens (primary N) is 2. The number of hydrogen-bond acceptors (Lipinski definition) is 5. The van der Waals surface area contributed by atoms with Gasteiger partial charge in [-0.15, -0.1) is 0 Å². The molecular formula is C13H16N2O4S. The summed E-state index contributed by atoms with van der Waals surface area (Å²) in [4.78, 5) is -0.147. The molecule has 0 atom stereocenters. The summed E-state index contributed by atoms with van der Waals surface area (Å²) in [6.07, 6.45) is 0. The van der Waals surface area contributed by atoms with Gasteiger partial charge in [0.1, 0.15) is 5.75 Å². The maximum Gasteiger partial charge on any atom is 0.294 e. The number of benzene rings is 2. The lowest BCUT2D eigenvalue weighted by atomic mass is 10.3. The third-order valence-electron chi connectivity index (χ3n) is 2.32. The number of methoxy groups -OCH3 is 1. The van der Waals surface area contributed by atoms with Crippen LogP contribution in [0.5, 0.6) is 5.75 Å². The van der Waals surface area contributed by atoms with E-state index in [2.05, 4.69) is 0 Å². The lowest BCUT2D eigenvalue weighted by Gasteiger charge is -2.00. The van der Waals surface area contributed by atoms with Gasteiger partial charge in [-0.3, -0.25) is 4.55 Å². The van der Waals surface area contributed by atoms with Crippen molar-refractivity contribution in [1.82, 2.24) is 0 Å². The molecule has 0 amide bonds. The highest BCUT2D eigenvalue weighted by Gasteiger charge is 2.06. The Hall–Kier alpha value is -2.25. The van der Waals surface area contributed by atoms with Crippen molar-refractivity contribution in [2.45, 2.75) is 4.90 Å². The van der Waals surface area contributed by atoms with E-state index in [9.17, 15) is 8.42 Å². The van der Waals surface area contributed by atoms with Gasteiger partial charge < -0.3 is 16.2 Å². The fourth-order valence-electron chi connectivity index (χ4n) is 1.31. The van der Waals surface area contributed by atoms with Gasteiger partial charge in [0.2, 0.25) is 0 Å². The molecule has 0 bridgehead atoms. The summed E-state index contributed by atoms with van der Waals surface area (Å²) >= 11 is 0. The number of nitrogen functional groups attached to an aromatic ring is 2. The molecule has 2 rings (SSSR count). The highest BCUT2D eigenvalue weighted by molar-refractivity contribution is 7.85. The molecule has 0 heterocycles. The molecule has 2 aromatic carbocycles. The Morgan fingerprint density at radius 1 is 1.00 bits per heavy atom. The van der Waals surface area contributed by atoms with E-state index in [0.717, 1.165) is 5.75 Å². The lowest BCUT2D eigenvalue weighted by Crippen LogP contribution is -1.97. The van der Waals surface area contributed by atoms with Crippen molar-refractivity contribution >= 4 is 21.5 Å². The van der Waals surface area contributed by atoms with Crippen LogP contribution in [0.4, 0.5) is 11.4 Å². The van der Waals surface area contributed by atoms with E-state index in [1.54, 1.807) is 13.2 Å². The number of hydrogen-bond donors (Lipinski definition) is 3. The van der Waals surface area contributed by atoms with Crippen LogP contribution in [0.2, 0.25) is 0 Å². The summed E-state index contributed by atoms with van der Waals surface area (Å²) in [6, 6.07) is 12.7. The highest BCUT2D eigenvalue weighted by Crippen LogP contribution is 2.18. The van der Waals surface area contributed by atoms with Crippen molar-refractivity contribution in [3.05, 3.63) is 48.5 Å². The number of ether oxygens (including phenoxy) is 1. The van der Waals surface area contributed by atoms with Gasteiger partial charge >= 0.3 is 0 Å². The minimum Gasteiger partial charge on any atom is -0.495 e. The Bertz CT molecular complexity index is 654. The summed E-state index contributed by atoms with van der Waals surface area (Å²) in [7, 11) is -2.47. The van der Waals surface area contributed by atoms with Crippen LogP contribution in [-0.4, -0.2) is 20.1 Å². The zero-order chi connectivity index (χ0) is 15.2. The van der Waals surface area contributed by atoms with Gasteiger partial charge in [-0.05, 0) is 36.4 Å². The van der Waals surface area contributed by atoms with Gasteiger partial charge in [-0.25, -0.2) is 0 Å². The molecule has 20 heavy (non-hydrogen) atoms. The monoisotopic (exact) mass is 296 g/mol. The van der Waals surface area contributed by atoms with Gasteiger partial charge in [0.15, 0.2) is 0 Å². The molecule has 108 valence electrons.